The quantitative estimate of drug-likeness (QED) is 0.411. The van der Waals surface area contributed by atoms with Crippen LogP contribution < -0.4 is 0 Å². The van der Waals surface area contributed by atoms with Crippen LogP contribution in [0.2, 0.25) is 5.22 Å². The zero-order valence-corrected chi connectivity index (χ0v) is 7.22. The van der Waals surface area contributed by atoms with Crippen LogP contribution in [0.1, 0.15) is 23.0 Å². The Hall–Kier alpha value is -1.09. The molecule has 0 aliphatic carbocycles. The summed E-state index contributed by atoms with van der Waals surface area (Å²) in [6, 6.07) is 1.54. The number of aldehydes is 1. The molecule has 0 amide bonds. The summed E-state index contributed by atoms with van der Waals surface area (Å²) in [5.41, 5.74) is 0.664. The van der Waals surface area contributed by atoms with E-state index in [0.29, 0.717) is 12.0 Å². The molecular weight excluding hydrogens is 180 g/mol. The molecule has 0 spiro atoms. The second-order valence-electron chi connectivity index (χ2n) is 2.24. The van der Waals surface area contributed by atoms with Gasteiger partial charge in [-0.05, 0) is 24.1 Å². The van der Waals surface area contributed by atoms with Gasteiger partial charge in [0.15, 0.2) is 17.3 Å². The molecule has 0 N–H and O–H groups in total. The normalized spacial score (nSPS) is 9.83. The Morgan fingerprint density at radius 1 is 1.75 bits per heavy atom. The average Bonchev–Trinajstić information content (AvgIpc) is 2.45. The predicted octanol–water partition coefficient (Wildman–Crippen LogP) is 1.88. The van der Waals surface area contributed by atoms with Crippen molar-refractivity contribution in [1.82, 2.24) is 0 Å². The fourth-order valence-electron chi connectivity index (χ4n) is 0.920. The maximum absolute atomic E-state index is 10.9. The number of carbonyl (C=O) groups excluding carboxylic acids is 2. The van der Waals surface area contributed by atoms with Crippen molar-refractivity contribution in [2.24, 2.45) is 0 Å². The van der Waals surface area contributed by atoms with Gasteiger partial charge in [0, 0.05) is 5.56 Å². The van der Waals surface area contributed by atoms with E-state index in [1.54, 1.807) is 0 Å². The van der Waals surface area contributed by atoms with Gasteiger partial charge in [-0.1, -0.05) is 6.92 Å². The molecule has 0 bridgehead atoms. The minimum Gasteiger partial charge on any atom is -0.441 e. The van der Waals surface area contributed by atoms with E-state index < -0.39 is 5.78 Å². The first kappa shape index (κ1) is 9.00. The van der Waals surface area contributed by atoms with Gasteiger partial charge in [0.25, 0.3) is 5.78 Å². The van der Waals surface area contributed by atoms with Gasteiger partial charge in [-0.25, -0.2) is 0 Å². The fourth-order valence-corrected chi connectivity index (χ4v) is 1.13. The van der Waals surface area contributed by atoms with Gasteiger partial charge in [-0.2, -0.15) is 0 Å². The van der Waals surface area contributed by atoms with E-state index in [1.165, 1.54) is 6.07 Å². The molecule has 1 aromatic rings. The number of Topliss-reactive ketones (excluding diaryl/α,β-unsaturated/α-hetero) is 1. The Balaban J connectivity index is 3.12. The van der Waals surface area contributed by atoms with Gasteiger partial charge >= 0.3 is 0 Å². The Labute approximate surface area is 74.3 Å². The van der Waals surface area contributed by atoms with E-state index in [0.717, 1.165) is 0 Å². The number of halogens is 1. The zero-order valence-electron chi connectivity index (χ0n) is 6.46. The summed E-state index contributed by atoms with van der Waals surface area (Å²) < 4.78 is 4.84. The lowest BCUT2D eigenvalue weighted by Crippen LogP contribution is -2.00. The molecule has 0 aromatic carbocycles. The van der Waals surface area contributed by atoms with Crippen LogP contribution in [-0.2, 0) is 11.2 Å². The van der Waals surface area contributed by atoms with Gasteiger partial charge in [0.1, 0.15) is 0 Å². The lowest BCUT2D eigenvalue weighted by atomic mass is 10.1. The van der Waals surface area contributed by atoms with Crippen LogP contribution in [0.5, 0.6) is 0 Å². The van der Waals surface area contributed by atoms with Crippen molar-refractivity contribution in [2.75, 3.05) is 0 Å². The molecule has 0 fully saturated rings. The van der Waals surface area contributed by atoms with Gasteiger partial charge in [0.05, 0.1) is 0 Å². The summed E-state index contributed by atoms with van der Waals surface area (Å²) in [5, 5.41) is 0.136. The van der Waals surface area contributed by atoms with Crippen molar-refractivity contribution in [1.29, 1.82) is 0 Å². The molecule has 0 radical (unpaired) electrons. The van der Waals surface area contributed by atoms with Crippen LogP contribution in [0.3, 0.4) is 0 Å². The van der Waals surface area contributed by atoms with E-state index in [1.807, 2.05) is 6.92 Å². The van der Waals surface area contributed by atoms with Gasteiger partial charge in [-0.15, -0.1) is 0 Å². The number of ketones is 1. The highest BCUT2D eigenvalue weighted by molar-refractivity contribution is 6.34. The number of furan rings is 1. The number of hydrogen-bond donors (Lipinski definition) is 0. The molecule has 0 saturated heterocycles. The summed E-state index contributed by atoms with van der Waals surface area (Å²) in [6.07, 6.45) is 0.833. The van der Waals surface area contributed by atoms with E-state index in [-0.39, 0.29) is 17.3 Å². The van der Waals surface area contributed by atoms with Crippen molar-refractivity contribution in [3.8, 4) is 0 Å². The minimum absolute atomic E-state index is 0.0532. The molecule has 12 heavy (non-hydrogen) atoms. The van der Waals surface area contributed by atoms with Crippen molar-refractivity contribution in [3.05, 3.63) is 22.6 Å². The highest BCUT2D eigenvalue weighted by atomic mass is 35.5. The van der Waals surface area contributed by atoms with Crippen LogP contribution in [0, 0.1) is 0 Å². The van der Waals surface area contributed by atoms with E-state index in [4.69, 9.17) is 16.0 Å². The molecule has 0 aliphatic heterocycles. The van der Waals surface area contributed by atoms with E-state index >= 15 is 0 Å². The van der Waals surface area contributed by atoms with Crippen molar-refractivity contribution in [2.45, 2.75) is 13.3 Å². The lowest BCUT2D eigenvalue weighted by Gasteiger charge is -1.90. The van der Waals surface area contributed by atoms with E-state index in [2.05, 4.69) is 0 Å². The van der Waals surface area contributed by atoms with Crippen molar-refractivity contribution < 1.29 is 14.0 Å². The van der Waals surface area contributed by atoms with Crippen molar-refractivity contribution >= 4 is 23.7 Å². The lowest BCUT2D eigenvalue weighted by molar-refractivity contribution is -0.104. The van der Waals surface area contributed by atoms with E-state index in [9.17, 15) is 9.59 Å². The third-order valence-corrected chi connectivity index (χ3v) is 1.68. The molecule has 0 saturated carbocycles. The zero-order chi connectivity index (χ0) is 9.14. The topological polar surface area (TPSA) is 47.3 Å². The maximum atomic E-state index is 10.9. The molecule has 64 valence electrons. The Bertz CT molecular complexity index is 314. The predicted molar refractivity (Wildman–Crippen MR) is 43.5 cm³/mol. The second-order valence-corrected chi connectivity index (χ2v) is 2.61. The number of carbonyl (C=O) groups is 2. The summed E-state index contributed by atoms with van der Waals surface area (Å²) in [5.74, 6) is -0.615. The molecule has 0 aliphatic rings. The van der Waals surface area contributed by atoms with Gasteiger partial charge < -0.3 is 4.42 Å². The standard InChI is InChI=1S/C8H7ClO3/c1-2-5-3-7(9)12-8(5)6(11)4-10/h3-4H,2H2,1H3. The Morgan fingerprint density at radius 2 is 2.42 bits per heavy atom. The highest BCUT2D eigenvalue weighted by Gasteiger charge is 2.15. The van der Waals surface area contributed by atoms with Gasteiger partial charge in [-0.3, -0.25) is 9.59 Å². The van der Waals surface area contributed by atoms with Gasteiger partial charge in [0.2, 0.25) is 0 Å². The van der Waals surface area contributed by atoms with Crippen molar-refractivity contribution in [3.63, 3.8) is 0 Å². The highest BCUT2D eigenvalue weighted by Crippen LogP contribution is 2.20. The average molecular weight is 187 g/mol. The smallest absolute Gasteiger partial charge is 0.260 e. The second kappa shape index (κ2) is 3.54. The molecule has 1 rings (SSSR count). The van der Waals surface area contributed by atoms with Crippen LogP contribution in [-0.4, -0.2) is 12.1 Å². The Morgan fingerprint density at radius 3 is 2.92 bits per heavy atom. The third-order valence-electron chi connectivity index (χ3n) is 1.49. The molecule has 3 nitrogen and oxygen atoms in total. The fraction of sp³-hybridized carbons (Fsp3) is 0.250. The van der Waals surface area contributed by atoms with Crippen LogP contribution in [0.4, 0.5) is 0 Å². The summed E-state index contributed by atoms with van der Waals surface area (Å²) in [4.78, 5) is 21.0. The summed E-state index contributed by atoms with van der Waals surface area (Å²) >= 11 is 5.51. The third kappa shape index (κ3) is 1.56. The molecule has 1 aromatic heterocycles. The first-order valence-electron chi connectivity index (χ1n) is 3.46. The molecule has 0 atom stereocenters. The molecule has 4 heteroatoms. The summed E-state index contributed by atoms with van der Waals surface area (Å²) in [6.45, 7) is 1.85. The largest absolute Gasteiger partial charge is 0.441 e. The molecular formula is C8H7ClO3. The number of hydrogen-bond acceptors (Lipinski definition) is 3. The number of rotatable bonds is 3. The SMILES string of the molecule is CCc1cc(Cl)oc1C(=O)C=O. The molecule has 1 heterocycles. The maximum Gasteiger partial charge on any atom is 0.260 e. The Kier molecular flexibility index (Phi) is 2.65. The van der Waals surface area contributed by atoms with Crippen LogP contribution in [0.15, 0.2) is 10.5 Å². The number of aryl methyl sites for hydroxylation is 1. The van der Waals surface area contributed by atoms with Crippen LogP contribution >= 0.6 is 11.6 Å². The molecule has 0 unspecified atom stereocenters. The first-order chi connectivity index (χ1) is 5.69. The minimum atomic E-state index is -0.668. The van der Waals surface area contributed by atoms with Crippen LogP contribution in [0.25, 0.3) is 0 Å². The summed E-state index contributed by atoms with van der Waals surface area (Å²) in [7, 11) is 0. The first-order valence-corrected chi connectivity index (χ1v) is 3.84. The monoisotopic (exact) mass is 186 g/mol.